The van der Waals surface area contributed by atoms with Crippen LogP contribution in [0, 0.1) is 5.82 Å². The molecule has 2 aromatic rings. The minimum Gasteiger partial charge on any atom is -0.349 e. The molecule has 0 aliphatic rings. The fourth-order valence-corrected chi connectivity index (χ4v) is 1.79. The minimum absolute atomic E-state index is 0.275. The smallest absolute Gasteiger partial charge is 0.129 e. The van der Waals surface area contributed by atoms with Gasteiger partial charge >= 0.3 is 0 Å². The molecule has 3 nitrogen and oxygen atoms in total. The highest BCUT2D eigenvalue weighted by Gasteiger charge is 2.05. The second kappa shape index (κ2) is 5.80. The lowest BCUT2D eigenvalue weighted by Gasteiger charge is -2.07. The van der Waals surface area contributed by atoms with Crippen LogP contribution in [0.5, 0.6) is 0 Å². The Morgan fingerprint density at radius 2 is 2.29 bits per heavy atom. The van der Waals surface area contributed by atoms with E-state index in [2.05, 4.69) is 15.3 Å². The predicted octanol–water partition coefficient (Wildman–Crippen LogP) is 2.53. The van der Waals surface area contributed by atoms with E-state index in [1.165, 1.54) is 6.07 Å². The lowest BCUT2D eigenvalue weighted by Crippen LogP contribution is -2.18. The van der Waals surface area contributed by atoms with E-state index in [9.17, 15) is 4.39 Å². The second-order valence-corrected chi connectivity index (χ2v) is 4.07. The van der Waals surface area contributed by atoms with Crippen LogP contribution in [0.15, 0.2) is 30.6 Å². The van der Waals surface area contributed by atoms with Gasteiger partial charge < -0.3 is 10.3 Å². The maximum Gasteiger partial charge on any atom is 0.129 e. The summed E-state index contributed by atoms with van der Waals surface area (Å²) in [6.45, 7) is 1.14. The summed E-state index contributed by atoms with van der Waals surface area (Å²) in [4.78, 5) is 7.11. The molecule has 0 radical (unpaired) electrons. The van der Waals surface area contributed by atoms with Crippen molar-refractivity contribution < 1.29 is 4.39 Å². The first kappa shape index (κ1) is 12.1. The minimum atomic E-state index is -0.275. The van der Waals surface area contributed by atoms with E-state index in [4.69, 9.17) is 11.6 Å². The summed E-state index contributed by atoms with van der Waals surface area (Å²) in [5, 5.41) is 3.59. The van der Waals surface area contributed by atoms with Gasteiger partial charge in [-0.3, -0.25) is 0 Å². The third-order valence-corrected chi connectivity index (χ3v) is 2.81. The molecule has 1 aromatic carbocycles. The highest BCUT2D eigenvalue weighted by molar-refractivity contribution is 6.31. The Balaban J connectivity index is 1.82. The van der Waals surface area contributed by atoms with E-state index < -0.39 is 0 Å². The van der Waals surface area contributed by atoms with Gasteiger partial charge in [0.05, 0.1) is 0 Å². The van der Waals surface area contributed by atoms with Crippen LogP contribution >= 0.6 is 11.6 Å². The van der Waals surface area contributed by atoms with E-state index in [1.807, 2.05) is 0 Å². The SMILES string of the molecule is Fc1cccc(Cl)c1CNCCc1ncc[nH]1. The number of hydrogen-bond donors (Lipinski definition) is 2. The van der Waals surface area contributed by atoms with Crippen molar-refractivity contribution in [3.8, 4) is 0 Å². The average Bonchev–Trinajstić information content (AvgIpc) is 2.80. The van der Waals surface area contributed by atoms with Crippen LogP contribution < -0.4 is 5.32 Å². The molecule has 0 fully saturated rings. The fraction of sp³-hybridized carbons (Fsp3) is 0.250. The average molecular weight is 254 g/mol. The molecule has 0 aliphatic heterocycles. The van der Waals surface area contributed by atoms with Crippen LogP contribution in [-0.4, -0.2) is 16.5 Å². The lowest BCUT2D eigenvalue weighted by molar-refractivity contribution is 0.587. The molecule has 0 bridgehead atoms. The van der Waals surface area contributed by atoms with Gasteiger partial charge in [0.1, 0.15) is 11.6 Å². The number of halogens is 2. The number of aromatic amines is 1. The molecule has 0 saturated carbocycles. The standard InChI is InChI=1S/C12H13ClFN3/c13-10-2-1-3-11(14)9(10)8-15-5-4-12-16-6-7-17-12/h1-3,6-7,15H,4-5,8H2,(H,16,17). The number of imidazole rings is 1. The summed E-state index contributed by atoms with van der Waals surface area (Å²) >= 11 is 5.91. The van der Waals surface area contributed by atoms with E-state index in [0.717, 1.165) is 18.8 Å². The summed E-state index contributed by atoms with van der Waals surface area (Å²) in [5.41, 5.74) is 0.508. The maximum atomic E-state index is 13.4. The van der Waals surface area contributed by atoms with E-state index in [-0.39, 0.29) is 5.82 Å². The maximum absolute atomic E-state index is 13.4. The molecule has 0 atom stereocenters. The molecule has 90 valence electrons. The molecule has 1 heterocycles. The zero-order valence-corrected chi connectivity index (χ0v) is 9.97. The Hall–Kier alpha value is -1.39. The Morgan fingerprint density at radius 1 is 1.41 bits per heavy atom. The molecular formula is C12H13ClFN3. The van der Waals surface area contributed by atoms with Crippen molar-refractivity contribution in [3.63, 3.8) is 0 Å². The Kier molecular flexibility index (Phi) is 4.12. The zero-order chi connectivity index (χ0) is 12.1. The molecule has 0 aliphatic carbocycles. The fourth-order valence-electron chi connectivity index (χ4n) is 1.56. The van der Waals surface area contributed by atoms with Crippen molar-refractivity contribution in [2.45, 2.75) is 13.0 Å². The topological polar surface area (TPSA) is 40.7 Å². The van der Waals surface area contributed by atoms with E-state index >= 15 is 0 Å². The highest BCUT2D eigenvalue weighted by atomic mass is 35.5. The Morgan fingerprint density at radius 3 is 3.00 bits per heavy atom. The summed E-state index contributed by atoms with van der Waals surface area (Å²) < 4.78 is 13.4. The number of benzene rings is 1. The molecule has 0 saturated heterocycles. The van der Waals surface area contributed by atoms with Crippen LogP contribution in [-0.2, 0) is 13.0 Å². The Bertz CT molecular complexity index is 450. The molecule has 0 unspecified atom stereocenters. The molecule has 2 rings (SSSR count). The zero-order valence-electron chi connectivity index (χ0n) is 9.21. The summed E-state index contributed by atoms with van der Waals surface area (Å²) in [6.07, 6.45) is 4.27. The number of nitrogens with one attached hydrogen (secondary N) is 2. The van der Waals surface area contributed by atoms with Crippen LogP contribution in [0.4, 0.5) is 4.39 Å². The van der Waals surface area contributed by atoms with Crippen LogP contribution in [0.2, 0.25) is 5.02 Å². The number of nitrogens with zero attached hydrogens (tertiary/aromatic N) is 1. The molecule has 1 aromatic heterocycles. The second-order valence-electron chi connectivity index (χ2n) is 3.66. The normalized spacial score (nSPS) is 10.7. The quantitative estimate of drug-likeness (QED) is 0.804. The third kappa shape index (κ3) is 3.28. The predicted molar refractivity (Wildman–Crippen MR) is 65.4 cm³/mol. The molecule has 17 heavy (non-hydrogen) atoms. The molecule has 0 amide bonds. The number of hydrogen-bond acceptors (Lipinski definition) is 2. The molecule has 5 heteroatoms. The number of H-pyrrole nitrogens is 1. The highest BCUT2D eigenvalue weighted by Crippen LogP contribution is 2.18. The molecular weight excluding hydrogens is 241 g/mol. The first-order chi connectivity index (χ1) is 8.27. The van der Waals surface area contributed by atoms with Gasteiger partial charge in [-0.2, -0.15) is 0 Å². The van der Waals surface area contributed by atoms with E-state index in [1.54, 1.807) is 24.5 Å². The van der Waals surface area contributed by atoms with Gasteiger partial charge in [-0.1, -0.05) is 17.7 Å². The summed E-state index contributed by atoms with van der Waals surface area (Å²) in [5.74, 6) is 0.639. The third-order valence-electron chi connectivity index (χ3n) is 2.46. The number of rotatable bonds is 5. The Labute approximate surface area is 104 Å². The number of aromatic nitrogens is 2. The van der Waals surface area contributed by atoms with Gasteiger partial charge in [0.25, 0.3) is 0 Å². The van der Waals surface area contributed by atoms with Crippen molar-refractivity contribution >= 4 is 11.6 Å². The molecule has 2 N–H and O–H groups in total. The van der Waals surface area contributed by atoms with Gasteiger partial charge in [0.2, 0.25) is 0 Å². The van der Waals surface area contributed by atoms with Gasteiger partial charge in [0.15, 0.2) is 0 Å². The van der Waals surface area contributed by atoms with Gasteiger partial charge in [-0.25, -0.2) is 9.37 Å². The largest absolute Gasteiger partial charge is 0.349 e. The monoisotopic (exact) mass is 253 g/mol. The van der Waals surface area contributed by atoms with Gasteiger partial charge in [-0.15, -0.1) is 0 Å². The van der Waals surface area contributed by atoms with Crippen LogP contribution in [0.25, 0.3) is 0 Å². The van der Waals surface area contributed by atoms with Crippen molar-refractivity contribution in [1.29, 1.82) is 0 Å². The van der Waals surface area contributed by atoms with Crippen LogP contribution in [0.1, 0.15) is 11.4 Å². The van der Waals surface area contributed by atoms with Crippen molar-refractivity contribution in [2.75, 3.05) is 6.54 Å². The summed E-state index contributed by atoms with van der Waals surface area (Å²) in [7, 11) is 0. The molecule has 0 spiro atoms. The van der Waals surface area contributed by atoms with Crippen molar-refractivity contribution in [2.24, 2.45) is 0 Å². The van der Waals surface area contributed by atoms with Gasteiger partial charge in [-0.05, 0) is 12.1 Å². The van der Waals surface area contributed by atoms with Crippen molar-refractivity contribution in [3.05, 3.63) is 52.8 Å². The first-order valence-corrected chi connectivity index (χ1v) is 5.77. The van der Waals surface area contributed by atoms with E-state index in [0.29, 0.717) is 17.1 Å². The van der Waals surface area contributed by atoms with Crippen LogP contribution in [0.3, 0.4) is 0 Å². The van der Waals surface area contributed by atoms with Crippen molar-refractivity contribution in [1.82, 2.24) is 15.3 Å². The van der Waals surface area contributed by atoms with Gasteiger partial charge in [0, 0.05) is 42.5 Å². The first-order valence-electron chi connectivity index (χ1n) is 5.39. The summed E-state index contributed by atoms with van der Waals surface area (Å²) in [6, 6.07) is 4.70. The lowest BCUT2D eigenvalue weighted by atomic mass is 10.2.